The lowest BCUT2D eigenvalue weighted by atomic mass is 9.74. The molecule has 2 N–H and O–H groups in total. The summed E-state index contributed by atoms with van der Waals surface area (Å²) in [5, 5.41) is 0.204. The summed E-state index contributed by atoms with van der Waals surface area (Å²) in [6.07, 6.45) is 0.559. The molecule has 1 aromatic rings. The number of carbonyl (C=O) groups excluding carboxylic acids is 1. The molecule has 1 aliphatic rings. The van der Waals surface area contributed by atoms with Crippen molar-refractivity contribution in [2.75, 3.05) is 25.7 Å². The Morgan fingerprint density at radius 3 is 2.49 bits per heavy atom. The average molecular weight is 531 g/mol. The molecule has 198 valence electrons. The maximum atomic E-state index is 14.9. The van der Waals surface area contributed by atoms with Gasteiger partial charge in [0.25, 0.3) is 0 Å². The van der Waals surface area contributed by atoms with Crippen LogP contribution in [0.1, 0.15) is 47.1 Å². The summed E-state index contributed by atoms with van der Waals surface area (Å²) in [7, 11) is -1.36. The molecule has 0 saturated carbocycles. The highest BCUT2D eigenvalue weighted by molar-refractivity contribution is 8.15. The first-order valence-corrected chi connectivity index (χ1v) is 16.3. The van der Waals surface area contributed by atoms with Crippen LogP contribution in [0.4, 0.5) is 19.3 Å². The SMILES string of the molecule is C[C@@H]1[C@@](C)(CF)SC(N(COCC[Si](C)(C)C)C(=O)OC(C)(C)C)=N[C@]1(C)c1cc(N)cnc1F. The second-order valence-corrected chi connectivity index (χ2v) is 18.8. The fourth-order valence-electron chi connectivity index (χ4n) is 3.62. The second-order valence-electron chi connectivity index (χ2n) is 11.7. The topological polar surface area (TPSA) is 90.0 Å². The molecular weight excluding hydrogens is 490 g/mol. The van der Waals surface area contributed by atoms with E-state index in [4.69, 9.17) is 20.2 Å². The highest BCUT2D eigenvalue weighted by Crippen LogP contribution is 2.51. The van der Waals surface area contributed by atoms with E-state index in [1.807, 2.05) is 6.92 Å². The molecule has 0 spiro atoms. The van der Waals surface area contributed by atoms with Crippen molar-refractivity contribution in [2.45, 2.75) is 83.1 Å². The van der Waals surface area contributed by atoms with Crippen molar-refractivity contribution in [2.24, 2.45) is 10.9 Å². The molecule has 1 amide bonds. The number of hydrogen-bond donors (Lipinski definition) is 1. The van der Waals surface area contributed by atoms with E-state index < -0.39 is 48.6 Å². The first kappa shape index (κ1) is 29.5. The summed E-state index contributed by atoms with van der Waals surface area (Å²) in [6.45, 7) is 16.9. The molecule has 35 heavy (non-hydrogen) atoms. The molecule has 0 aliphatic carbocycles. The molecule has 11 heteroatoms. The molecular formula is C24H40F2N4O3SSi. The van der Waals surface area contributed by atoms with Gasteiger partial charge in [0.15, 0.2) is 5.17 Å². The van der Waals surface area contributed by atoms with E-state index in [1.54, 1.807) is 34.6 Å². The molecule has 0 aromatic carbocycles. The number of pyridine rings is 1. The maximum absolute atomic E-state index is 14.9. The van der Waals surface area contributed by atoms with Crippen molar-refractivity contribution < 1.29 is 23.0 Å². The van der Waals surface area contributed by atoms with Gasteiger partial charge < -0.3 is 15.2 Å². The molecule has 2 heterocycles. The van der Waals surface area contributed by atoms with Gasteiger partial charge in [-0.15, -0.1) is 0 Å². The third-order valence-corrected chi connectivity index (χ3v) is 9.27. The van der Waals surface area contributed by atoms with E-state index in [1.165, 1.54) is 17.2 Å². The Hall–Kier alpha value is -1.72. The van der Waals surface area contributed by atoms with Crippen molar-refractivity contribution in [1.82, 2.24) is 9.88 Å². The van der Waals surface area contributed by atoms with Crippen LogP contribution in [-0.2, 0) is 15.0 Å². The summed E-state index contributed by atoms with van der Waals surface area (Å²) in [5.74, 6) is -1.19. The Bertz CT molecular complexity index is 954. The fraction of sp³-hybridized carbons (Fsp3) is 0.708. The van der Waals surface area contributed by atoms with E-state index in [9.17, 15) is 13.6 Å². The molecule has 1 aliphatic heterocycles. The molecule has 2 rings (SSSR count). The first-order chi connectivity index (χ1) is 15.9. The number of nitrogens with two attached hydrogens (primary N) is 1. The quantitative estimate of drug-likeness (QED) is 0.200. The van der Waals surface area contributed by atoms with Crippen LogP contribution in [0.15, 0.2) is 17.3 Å². The lowest BCUT2D eigenvalue weighted by molar-refractivity contribution is 0.0107. The molecule has 7 nitrogen and oxygen atoms in total. The van der Waals surface area contributed by atoms with Crippen LogP contribution >= 0.6 is 11.8 Å². The van der Waals surface area contributed by atoms with E-state index in [0.29, 0.717) is 6.61 Å². The van der Waals surface area contributed by atoms with E-state index in [0.717, 1.165) is 17.8 Å². The summed E-state index contributed by atoms with van der Waals surface area (Å²) < 4.78 is 39.9. The Balaban J connectivity index is 2.56. The Morgan fingerprint density at radius 2 is 1.94 bits per heavy atom. The number of ether oxygens (including phenoxy) is 2. The first-order valence-electron chi connectivity index (χ1n) is 11.8. The van der Waals surface area contributed by atoms with Crippen molar-refractivity contribution in [1.29, 1.82) is 0 Å². The zero-order chi connectivity index (χ0) is 26.8. The number of aromatic nitrogens is 1. The smallest absolute Gasteiger partial charge is 0.418 e. The van der Waals surface area contributed by atoms with E-state index in [-0.39, 0.29) is 23.1 Å². The van der Waals surface area contributed by atoms with Gasteiger partial charge in [-0.1, -0.05) is 38.3 Å². The number of thioether (sulfide) groups is 1. The number of nitrogens with zero attached hydrogens (tertiary/aromatic N) is 3. The summed E-state index contributed by atoms with van der Waals surface area (Å²) in [6, 6.07) is 2.38. The van der Waals surface area contributed by atoms with Gasteiger partial charge >= 0.3 is 6.09 Å². The normalized spacial score (nSPS) is 25.2. The van der Waals surface area contributed by atoms with Crippen molar-refractivity contribution >= 4 is 36.8 Å². The monoisotopic (exact) mass is 530 g/mol. The van der Waals surface area contributed by atoms with E-state index >= 15 is 0 Å². The zero-order valence-corrected chi connectivity index (χ0v) is 24.2. The number of rotatable bonds is 7. The number of carbonyl (C=O) groups is 1. The van der Waals surface area contributed by atoms with E-state index in [2.05, 4.69) is 24.6 Å². The number of amides is 1. The molecule has 0 saturated heterocycles. The van der Waals surface area contributed by atoms with Crippen LogP contribution in [0.2, 0.25) is 25.7 Å². The lowest BCUT2D eigenvalue weighted by Crippen LogP contribution is -2.53. The fourth-order valence-corrected chi connectivity index (χ4v) is 5.73. The number of amidine groups is 1. The van der Waals surface area contributed by atoms with Crippen LogP contribution in [0.25, 0.3) is 0 Å². The summed E-state index contributed by atoms with van der Waals surface area (Å²) in [5.41, 5.74) is 4.31. The largest absolute Gasteiger partial charge is 0.443 e. The Kier molecular flexibility index (Phi) is 9.04. The number of alkyl halides is 1. The predicted octanol–water partition coefficient (Wildman–Crippen LogP) is 6.03. The number of halogens is 2. The van der Waals surface area contributed by atoms with Crippen LogP contribution in [-0.4, -0.2) is 59.6 Å². The van der Waals surface area contributed by atoms with Crippen LogP contribution < -0.4 is 5.73 Å². The number of aliphatic imine (C=N–C) groups is 1. The molecule has 1 aromatic heterocycles. The van der Waals surface area contributed by atoms with Crippen LogP contribution in [0, 0.1) is 11.9 Å². The minimum atomic E-state index is -1.36. The minimum absolute atomic E-state index is 0.115. The zero-order valence-electron chi connectivity index (χ0n) is 22.4. The van der Waals surface area contributed by atoms with Crippen molar-refractivity contribution in [3.63, 3.8) is 0 Å². The lowest BCUT2D eigenvalue weighted by Gasteiger charge is -2.47. The third kappa shape index (κ3) is 7.39. The average Bonchev–Trinajstić information content (AvgIpc) is 2.71. The number of nitrogen functional groups attached to an aromatic ring is 1. The van der Waals surface area contributed by atoms with Gasteiger partial charge in [0.1, 0.15) is 19.0 Å². The molecule has 0 radical (unpaired) electrons. The van der Waals surface area contributed by atoms with Gasteiger partial charge in [-0.3, -0.25) is 4.99 Å². The van der Waals surface area contributed by atoms with Gasteiger partial charge in [0.2, 0.25) is 5.95 Å². The van der Waals surface area contributed by atoms with Gasteiger partial charge in [0, 0.05) is 26.2 Å². The number of anilines is 1. The highest BCUT2D eigenvalue weighted by atomic mass is 32.2. The third-order valence-electron chi connectivity index (χ3n) is 6.14. The minimum Gasteiger partial charge on any atom is -0.443 e. The van der Waals surface area contributed by atoms with Gasteiger partial charge in [0.05, 0.1) is 22.2 Å². The molecule has 3 atom stereocenters. The van der Waals surface area contributed by atoms with Gasteiger partial charge in [-0.25, -0.2) is 19.1 Å². The van der Waals surface area contributed by atoms with Gasteiger partial charge in [-0.05, 0) is 46.7 Å². The second kappa shape index (κ2) is 10.7. The van der Waals surface area contributed by atoms with Crippen molar-refractivity contribution in [3.8, 4) is 0 Å². The summed E-state index contributed by atoms with van der Waals surface area (Å²) in [4.78, 5) is 23.1. The summed E-state index contributed by atoms with van der Waals surface area (Å²) >= 11 is 1.13. The predicted molar refractivity (Wildman–Crippen MR) is 142 cm³/mol. The Labute approximate surface area is 213 Å². The highest BCUT2D eigenvalue weighted by Gasteiger charge is 2.52. The van der Waals surface area contributed by atoms with Crippen molar-refractivity contribution in [3.05, 3.63) is 23.8 Å². The Morgan fingerprint density at radius 1 is 1.31 bits per heavy atom. The molecule has 0 fully saturated rings. The standard InChI is InChI=1S/C24H40F2N4O3SSi/c1-16-23(5,14-25)34-20(29-24(16,6)18-12-17(27)13-28-19(18)26)30(21(31)33-22(2,3)4)15-32-10-11-35(7,8)9/h12-13,16H,10-11,14-15,27H2,1-9H3/t16-,23-,24+/m1/s1. The molecule has 0 bridgehead atoms. The number of hydrogen-bond acceptors (Lipinski definition) is 7. The van der Waals surface area contributed by atoms with Gasteiger partial charge in [-0.2, -0.15) is 4.39 Å². The molecule has 0 unspecified atom stereocenters. The van der Waals surface area contributed by atoms with Crippen LogP contribution in [0.3, 0.4) is 0 Å². The maximum Gasteiger partial charge on any atom is 0.418 e. The van der Waals surface area contributed by atoms with Crippen LogP contribution in [0.5, 0.6) is 0 Å².